The van der Waals surface area contributed by atoms with E-state index in [-0.39, 0.29) is 90.2 Å². The molecule has 122 heavy (non-hydrogen) atoms. The number of rotatable bonds is 6. The third-order valence-electron chi connectivity index (χ3n) is 18.9. The minimum absolute atomic E-state index is 0. The lowest BCUT2D eigenvalue weighted by molar-refractivity contribution is -0.446. The highest BCUT2D eigenvalue weighted by Crippen LogP contribution is 2.35. The number of allylic oxidation sites excluding steroid dienone is 3. The lowest BCUT2D eigenvalue weighted by atomic mass is 9.86. The van der Waals surface area contributed by atoms with Crippen molar-refractivity contribution in [2.24, 2.45) is 15.7 Å². The van der Waals surface area contributed by atoms with Crippen LogP contribution in [0.15, 0.2) is 158 Å². The molecule has 4 aliphatic heterocycles. The number of nitrogens with one attached hydrogen (secondary N) is 1. The fourth-order valence-electron chi connectivity index (χ4n) is 12.0. The molecule has 0 saturated carbocycles. The summed E-state index contributed by atoms with van der Waals surface area (Å²) < 4.78 is 12.1. The SMILES string of the molecule is CC(C)(C)c1ccc(-c2nc3n(c(=N)c2C#N)CCCS3)cc1.CC(C)(C)c1ccc(C(N)=C(C#N)C#N)cc1.CC(C)(C)c1ccc(C(N=C2CCCCS2)=C(C#N)C#N)cc1.CI.CN=c1c(C#N)c(-c2ccc(C(C)(C)C)cc2)nc2n1CCCS2.CSC1=[N+](C(=O)OC(C)(C)C)CCCS1.[C-]#[N+]/C(C#N)=C(\Cl)c1ccc(C(C)(C)C)cc1.[I-]. The van der Waals surface area contributed by atoms with Crippen LogP contribution in [0.1, 0.15) is 219 Å². The quantitative estimate of drug-likeness (QED) is 0.0390. The van der Waals surface area contributed by atoms with Crippen LogP contribution < -0.4 is 40.7 Å². The fourth-order valence-corrected chi connectivity index (χ4v) is 17.0. The van der Waals surface area contributed by atoms with Crippen molar-refractivity contribution < 1.29 is 38.1 Å². The number of nitrogens with two attached hydrogens (primary N) is 1. The summed E-state index contributed by atoms with van der Waals surface area (Å²) in [5, 5.41) is 75.3. The number of carbonyl (C=O) groups excluding carboxylic acids is 1. The summed E-state index contributed by atoms with van der Waals surface area (Å²) in [4.78, 5) is 35.4. The van der Waals surface area contributed by atoms with Crippen molar-refractivity contribution in [1.29, 1.82) is 42.2 Å². The molecule has 0 spiro atoms. The van der Waals surface area contributed by atoms with Crippen LogP contribution in [0.25, 0.3) is 43.8 Å². The van der Waals surface area contributed by atoms with Crippen molar-refractivity contribution in [1.82, 2.24) is 19.1 Å². The van der Waals surface area contributed by atoms with Gasteiger partial charge in [0.15, 0.2) is 28.0 Å². The molecular formula is C95H112ClI2N17O2S5. The van der Waals surface area contributed by atoms with Gasteiger partial charge in [0.1, 0.15) is 64.1 Å². The molecule has 5 aromatic carbocycles. The van der Waals surface area contributed by atoms with Gasteiger partial charge in [0.05, 0.1) is 45.5 Å². The van der Waals surface area contributed by atoms with Gasteiger partial charge in [-0.2, -0.15) is 36.4 Å². The fraction of sp³-hybridized carbons (Fsp3) is 0.421. The first-order chi connectivity index (χ1) is 57.0. The summed E-state index contributed by atoms with van der Waals surface area (Å²) in [7, 11) is 1.75. The zero-order chi connectivity index (χ0) is 90.4. The van der Waals surface area contributed by atoms with E-state index in [0.717, 1.165) is 122 Å². The van der Waals surface area contributed by atoms with Crippen LogP contribution in [0.3, 0.4) is 0 Å². The lowest BCUT2D eigenvalue weighted by Gasteiger charge is -2.21. The first kappa shape index (κ1) is 105. The number of nitriles is 7. The third-order valence-corrected chi connectivity index (χ3v) is 24.9. The molecular weight excluding hydrogens is 1860 g/mol. The summed E-state index contributed by atoms with van der Waals surface area (Å²) in [5.41, 5.74) is 20.0. The van der Waals surface area contributed by atoms with E-state index in [0.29, 0.717) is 33.6 Å². The molecule has 1 saturated heterocycles. The Morgan fingerprint density at radius 1 is 0.557 bits per heavy atom. The number of carbonyl (C=O) groups is 1. The van der Waals surface area contributed by atoms with Crippen LogP contribution >= 0.6 is 93.0 Å². The number of aromatic nitrogens is 4. The van der Waals surface area contributed by atoms with Crippen LogP contribution in [-0.4, -0.2) is 92.6 Å². The van der Waals surface area contributed by atoms with Gasteiger partial charge in [0, 0.05) is 60.5 Å². The average molecular weight is 1970 g/mol. The summed E-state index contributed by atoms with van der Waals surface area (Å²) in [6.45, 7) is 47.3. The van der Waals surface area contributed by atoms with E-state index in [1.807, 2.05) is 121 Å². The van der Waals surface area contributed by atoms with E-state index in [4.69, 9.17) is 59.8 Å². The number of fused-ring (bicyclic) bond motifs is 2. The second kappa shape index (κ2) is 49.0. The van der Waals surface area contributed by atoms with Gasteiger partial charge in [-0.05, 0) is 148 Å². The Balaban J connectivity index is 0.000000308. The molecule has 4 aliphatic rings. The Morgan fingerprint density at radius 2 is 0.951 bits per heavy atom. The van der Waals surface area contributed by atoms with Gasteiger partial charge in [-0.15, -0.1) is 16.3 Å². The molecule has 0 atom stereocenters. The first-order valence-corrected chi connectivity index (χ1v) is 47.3. The number of thioether (sulfide) groups is 5. The first-order valence-electron chi connectivity index (χ1n) is 39.6. The summed E-state index contributed by atoms with van der Waals surface area (Å²) in [5.74, 6) is 4.23. The maximum Gasteiger partial charge on any atom is 0.598 e. The number of benzene rings is 5. The van der Waals surface area contributed by atoms with Crippen molar-refractivity contribution in [2.45, 2.75) is 219 Å². The molecule has 11 rings (SSSR count). The molecule has 1 fully saturated rings. The maximum absolute atomic E-state index is 11.8. The largest absolute Gasteiger partial charge is 1.00 e. The standard InChI is InChI=1S/C19H22N4S.C19H21N3S.C18H20N4S.C14H13ClN2.C14H15N3.C10H18NO2S2.CH3I.HI/c1-19(2,3)14-8-6-13(7-9-14)16-15(12-20)17(21-4)23-10-5-11-24-18(23)22-16;1-19(2,3)16-9-7-14(8-10-16)18(15(12-20)13-21)22-17-6-4-5-11-23-17;1-18(2,3)13-7-5-12(6-8-13)15-14(11-19)16(20)22-9-4-10-23-17(22)21-15;1-14(2,3)11-7-5-10(6-8-11)13(15)12(9-16)17-4;1-14(2,3)12-6-4-10(5-7-12)13(17)11(8-15)9-16;1-10(2,3)13-8(12)11-6-5-7-15-9(11)14-4;1-2;/h6-9H,5,10-11H2,1-4H3;7-10H,4-6,11H2,1-3H3;5-8,20H,4,9-10H2,1-3H3;5-8H,1-3H3;4-7H,17H2,1-3H3;5-7H2,1-4H3;1H3;1H/q;;;;;+1;;/p-1/b;;;13-12-;;;;. The normalized spacial score (nSPS) is 14.1. The molecule has 7 aromatic rings. The predicted octanol–water partition coefficient (Wildman–Crippen LogP) is 20.4. The second-order valence-electron chi connectivity index (χ2n) is 34.2. The van der Waals surface area contributed by atoms with Gasteiger partial charge in [-0.25, -0.2) is 25.1 Å². The number of nitrogens with zero attached hydrogens (tertiary/aromatic N) is 15. The van der Waals surface area contributed by atoms with Crippen LogP contribution in [-0.2, 0) is 44.9 Å². The van der Waals surface area contributed by atoms with Crippen molar-refractivity contribution in [3.8, 4) is 65.0 Å². The Labute approximate surface area is 781 Å². The summed E-state index contributed by atoms with van der Waals surface area (Å²) in [6.07, 6.45) is 8.15. The monoisotopic (exact) mass is 1970 g/mol. The predicted molar refractivity (Wildman–Crippen MR) is 512 cm³/mol. The Hall–Kier alpha value is -8.89. The van der Waals surface area contributed by atoms with E-state index in [1.165, 1.54) is 34.2 Å². The van der Waals surface area contributed by atoms with E-state index >= 15 is 0 Å². The van der Waals surface area contributed by atoms with Gasteiger partial charge >= 0.3 is 6.09 Å². The maximum atomic E-state index is 11.8. The minimum atomic E-state index is -0.414. The highest BCUT2D eigenvalue weighted by molar-refractivity contribution is 14.1. The Kier molecular flexibility index (Phi) is 42.3. The molecule has 2 aromatic heterocycles. The minimum Gasteiger partial charge on any atom is -1.00 e. The van der Waals surface area contributed by atoms with Gasteiger partial charge < -0.3 is 43.6 Å². The number of aliphatic imine (C=N–C) groups is 1. The van der Waals surface area contributed by atoms with Crippen LogP contribution in [0.4, 0.5) is 4.79 Å². The number of ether oxygens (including phenoxy) is 1. The summed E-state index contributed by atoms with van der Waals surface area (Å²) in [6, 6.07) is 53.6. The van der Waals surface area contributed by atoms with Crippen molar-refractivity contribution in [3.63, 3.8) is 0 Å². The molecule has 0 radical (unpaired) electrons. The van der Waals surface area contributed by atoms with Gasteiger partial charge in [0.25, 0.3) is 10.1 Å². The molecule has 0 bridgehead atoms. The van der Waals surface area contributed by atoms with Gasteiger partial charge in [-0.3, -0.25) is 10.4 Å². The van der Waals surface area contributed by atoms with Crippen LogP contribution in [0.5, 0.6) is 0 Å². The topological polar surface area (TPSA) is 310 Å². The number of amides is 1. The van der Waals surface area contributed by atoms with Gasteiger partial charge in [0.2, 0.25) is 0 Å². The highest BCUT2D eigenvalue weighted by atomic mass is 127. The van der Waals surface area contributed by atoms with Crippen molar-refractivity contribution in [3.05, 3.63) is 216 Å². The second-order valence-corrected chi connectivity index (χ2v) is 40.0. The number of hydrogen-bond donors (Lipinski definition) is 2. The Bertz CT molecular complexity index is 5320. The molecule has 27 heteroatoms. The molecule has 3 N–H and O–H groups in total. The molecule has 0 aliphatic carbocycles. The molecule has 0 unspecified atom stereocenters. The van der Waals surface area contributed by atoms with Crippen molar-refractivity contribution >= 4 is 125 Å². The number of hydrogen-bond acceptors (Lipinski definition) is 20. The molecule has 640 valence electrons. The third kappa shape index (κ3) is 30.8. The zero-order valence-electron chi connectivity index (χ0n) is 74.0. The van der Waals surface area contributed by atoms with Gasteiger partial charge in [-0.1, -0.05) is 295 Å². The average Bonchev–Trinajstić information content (AvgIpc) is 0.776. The molecule has 6 heterocycles. The highest BCUT2D eigenvalue weighted by Gasteiger charge is 2.33. The van der Waals surface area contributed by atoms with E-state index < -0.39 is 5.60 Å². The van der Waals surface area contributed by atoms with Crippen LogP contribution in [0, 0.1) is 91.3 Å². The van der Waals surface area contributed by atoms with E-state index in [2.05, 4.69) is 207 Å². The van der Waals surface area contributed by atoms with E-state index in [1.54, 1.807) is 88.6 Å². The smallest absolute Gasteiger partial charge is 0.598 e. The van der Waals surface area contributed by atoms with Crippen LogP contribution in [0.2, 0.25) is 0 Å². The zero-order valence-corrected chi connectivity index (χ0v) is 83.2. The summed E-state index contributed by atoms with van der Waals surface area (Å²) >= 11 is 16.6. The molecule has 1 amide bonds. The lowest BCUT2D eigenvalue weighted by Crippen LogP contribution is -3.00. The Morgan fingerprint density at radius 3 is 1.33 bits per heavy atom. The van der Waals surface area contributed by atoms with Crippen molar-refractivity contribution in [2.75, 3.05) is 47.8 Å². The number of halogens is 3. The molecule has 19 nitrogen and oxygen atoms in total. The number of alkyl halides is 1. The van der Waals surface area contributed by atoms with E-state index in [9.17, 15) is 25.8 Å².